The van der Waals surface area contributed by atoms with Crippen LogP contribution in [0.5, 0.6) is 0 Å². The molecule has 0 aliphatic heterocycles. The first-order chi connectivity index (χ1) is 14.2. The minimum absolute atomic E-state index is 0.242. The van der Waals surface area contributed by atoms with Crippen LogP contribution in [0.3, 0.4) is 0 Å². The second-order valence-electron chi connectivity index (χ2n) is 6.25. The number of hydrogen-bond acceptors (Lipinski definition) is 4. The summed E-state index contributed by atoms with van der Waals surface area (Å²) in [5.74, 6) is -3.00. The van der Waals surface area contributed by atoms with Crippen molar-refractivity contribution in [1.29, 1.82) is 0 Å². The van der Waals surface area contributed by atoms with Gasteiger partial charge in [-0.3, -0.25) is 4.31 Å². The first-order valence-electron chi connectivity index (χ1n) is 8.63. The van der Waals surface area contributed by atoms with Crippen LogP contribution < -0.4 is 4.31 Å². The average molecular weight is 435 g/mol. The van der Waals surface area contributed by atoms with Crippen molar-refractivity contribution < 1.29 is 31.1 Å². The zero-order chi connectivity index (χ0) is 21.9. The number of benzene rings is 3. The van der Waals surface area contributed by atoms with Gasteiger partial charge in [0.15, 0.2) is 0 Å². The third-order valence-electron chi connectivity index (χ3n) is 4.28. The van der Waals surface area contributed by atoms with E-state index >= 15 is 0 Å². The summed E-state index contributed by atoms with van der Waals surface area (Å²) in [6.45, 7) is -0.360. The van der Waals surface area contributed by atoms with Crippen LogP contribution in [0.4, 0.5) is 18.9 Å². The summed E-state index contributed by atoms with van der Waals surface area (Å²) in [5, 5.41) is 0. The molecular weight excluding hydrogens is 419 g/mol. The molecule has 0 aliphatic rings. The molecule has 30 heavy (non-hydrogen) atoms. The molecule has 0 saturated heterocycles. The SMILES string of the molecule is COC(=O)c1ccc(CN(c2cc(F)ccc2F)S(=O)(=O)c2ccc(F)cc2)cc1. The average Bonchev–Trinajstić information content (AvgIpc) is 2.74. The number of carbonyl (C=O) groups is 1. The normalized spacial score (nSPS) is 11.2. The van der Waals surface area contributed by atoms with Crippen molar-refractivity contribution >= 4 is 21.7 Å². The van der Waals surface area contributed by atoms with E-state index in [0.29, 0.717) is 9.87 Å². The van der Waals surface area contributed by atoms with Gasteiger partial charge >= 0.3 is 5.97 Å². The Morgan fingerprint density at radius 1 is 0.900 bits per heavy atom. The number of ether oxygens (including phenoxy) is 1. The zero-order valence-electron chi connectivity index (χ0n) is 15.7. The van der Waals surface area contributed by atoms with Crippen molar-refractivity contribution in [3.05, 3.63) is 95.3 Å². The molecule has 0 radical (unpaired) electrons. The number of anilines is 1. The van der Waals surface area contributed by atoms with Gasteiger partial charge in [-0.25, -0.2) is 26.4 Å². The highest BCUT2D eigenvalue weighted by Crippen LogP contribution is 2.29. The molecular formula is C21H16F3NO4S. The lowest BCUT2D eigenvalue weighted by molar-refractivity contribution is 0.0600. The van der Waals surface area contributed by atoms with Crippen LogP contribution >= 0.6 is 0 Å². The molecule has 0 fully saturated rings. The van der Waals surface area contributed by atoms with E-state index in [9.17, 15) is 26.4 Å². The quantitative estimate of drug-likeness (QED) is 0.542. The zero-order valence-corrected chi connectivity index (χ0v) is 16.5. The van der Waals surface area contributed by atoms with Gasteiger partial charge in [-0.05, 0) is 54.1 Å². The van der Waals surface area contributed by atoms with Crippen molar-refractivity contribution in [1.82, 2.24) is 0 Å². The highest BCUT2D eigenvalue weighted by atomic mass is 32.2. The van der Waals surface area contributed by atoms with Crippen LogP contribution in [-0.4, -0.2) is 21.5 Å². The highest BCUT2D eigenvalue weighted by molar-refractivity contribution is 7.92. The molecule has 0 saturated carbocycles. The minimum atomic E-state index is -4.37. The second kappa shape index (κ2) is 8.58. The largest absolute Gasteiger partial charge is 0.465 e. The van der Waals surface area contributed by atoms with Gasteiger partial charge in [0.1, 0.15) is 17.5 Å². The minimum Gasteiger partial charge on any atom is -0.465 e. The topological polar surface area (TPSA) is 63.7 Å². The number of esters is 1. The van der Waals surface area contributed by atoms with E-state index in [-0.39, 0.29) is 17.0 Å². The lowest BCUT2D eigenvalue weighted by atomic mass is 10.1. The van der Waals surface area contributed by atoms with Crippen molar-refractivity contribution in [2.75, 3.05) is 11.4 Å². The van der Waals surface area contributed by atoms with Crippen LogP contribution in [0.15, 0.2) is 71.6 Å². The Labute approximate surface area is 171 Å². The maximum absolute atomic E-state index is 14.5. The van der Waals surface area contributed by atoms with Gasteiger partial charge < -0.3 is 4.74 Å². The molecule has 156 valence electrons. The molecule has 0 atom stereocenters. The number of nitrogens with zero attached hydrogens (tertiary/aromatic N) is 1. The van der Waals surface area contributed by atoms with Gasteiger partial charge in [0, 0.05) is 6.07 Å². The third-order valence-corrected chi connectivity index (χ3v) is 6.05. The summed E-state index contributed by atoms with van der Waals surface area (Å²) in [6, 6.07) is 12.2. The number of rotatable bonds is 6. The predicted molar refractivity (Wildman–Crippen MR) is 104 cm³/mol. The molecule has 0 N–H and O–H groups in total. The molecule has 0 heterocycles. The smallest absolute Gasteiger partial charge is 0.337 e. The van der Waals surface area contributed by atoms with E-state index in [1.165, 1.54) is 31.4 Å². The summed E-state index contributed by atoms with van der Waals surface area (Å²) in [4.78, 5) is 11.3. The Kier molecular flexibility index (Phi) is 6.12. The molecule has 0 amide bonds. The Balaban J connectivity index is 2.07. The molecule has 0 spiro atoms. The number of halogens is 3. The Hall–Kier alpha value is -3.33. The van der Waals surface area contributed by atoms with Crippen LogP contribution in [0.2, 0.25) is 0 Å². The maximum Gasteiger partial charge on any atom is 0.337 e. The second-order valence-corrected chi connectivity index (χ2v) is 8.11. The molecule has 3 rings (SSSR count). The van der Waals surface area contributed by atoms with Gasteiger partial charge in [0.2, 0.25) is 0 Å². The fourth-order valence-corrected chi connectivity index (χ4v) is 4.19. The van der Waals surface area contributed by atoms with E-state index < -0.39 is 39.1 Å². The van der Waals surface area contributed by atoms with Gasteiger partial charge in [-0.15, -0.1) is 0 Å². The van der Waals surface area contributed by atoms with Crippen molar-refractivity contribution in [2.24, 2.45) is 0 Å². The van der Waals surface area contributed by atoms with Crippen LogP contribution in [0, 0.1) is 17.5 Å². The summed E-state index contributed by atoms with van der Waals surface area (Å²) >= 11 is 0. The summed E-state index contributed by atoms with van der Waals surface area (Å²) < 4.78 is 73.1. The number of hydrogen-bond donors (Lipinski definition) is 0. The van der Waals surface area contributed by atoms with E-state index in [1.54, 1.807) is 0 Å². The van der Waals surface area contributed by atoms with Crippen LogP contribution in [0.1, 0.15) is 15.9 Å². The van der Waals surface area contributed by atoms with Crippen LogP contribution in [0.25, 0.3) is 0 Å². The highest BCUT2D eigenvalue weighted by Gasteiger charge is 2.28. The summed E-state index contributed by atoms with van der Waals surface area (Å²) in [6.07, 6.45) is 0. The first kappa shape index (κ1) is 21.4. The molecule has 3 aromatic carbocycles. The van der Waals surface area contributed by atoms with Crippen molar-refractivity contribution in [3.63, 3.8) is 0 Å². The number of methoxy groups -OCH3 is 1. The fraction of sp³-hybridized carbons (Fsp3) is 0.0952. The summed E-state index contributed by atoms with van der Waals surface area (Å²) in [5.41, 5.74) is 0.138. The van der Waals surface area contributed by atoms with Crippen molar-refractivity contribution in [2.45, 2.75) is 11.4 Å². The Bertz CT molecular complexity index is 1160. The maximum atomic E-state index is 14.5. The van der Waals surface area contributed by atoms with Gasteiger partial charge in [-0.1, -0.05) is 12.1 Å². The Morgan fingerprint density at radius 2 is 1.50 bits per heavy atom. The van der Waals surface area contributed by atoms with E-state index in [4.69, 9.17) is 0 Å². The molecule has 0 aliphatic carbocycles. The van der Waals surface area contributed by atoms with Gasteiger partial charge in [0.25, 0.3) is 10.0 Å². The fourth-order valence-electron chi connectivity index (χ4n) is 2.74. The molecule has 5 nitrogen and oxygen atoms in total. The van der Waals surface area contributed by atoms with Crippen LogP contribution in [-0.2, 0) is 21.3 Å². The summed E-state index contributed by atoms with van der Waals surface area (Å²) in [7, 11) is -3.15. The van der Waals surface area contributed by atoms with Gasteiger partial charge in [0.05, 0.1) is 29.8 Å². The monoisotopic (exact) mass is 435 g/mol. The van der Waals surface area contributed by atoms with E-state index in [0.717, 1.165) is 42.5 Å². The number of carbonyl (C=O) groups excluding carboxylic acids is 1. The van der Waals surface area contributed by atoms with Crippen molar-refractivity contribution in [3.8, 4) is 0 Å². The van der Waals surface area contributed by atoms with Gasteiger partial charge in [-0.2, -0.15) is 0 Å². The molecule has 0 bridgehead atoms. The Morgan fingerprint density at radius 3 is 2.10 bits per heavy atom. The molecule has 3 aromatic rings. The molecule has 0 aromatic heterocycles. The standard InChI is InChI=1S/C21H16F3NO4S/c1-29-21(26)15-4-2-14(3-5-15)13-25(20-12-17(23)8-11-19(20)24)30(27,28)18-9-6-16(22)7-10-18/h2-12H,13H2,1H3. The third kappa shape index (κ3) is 4.46. The predicted octanol–water partition coefficient (Wildman–Crippen LogP) is 4.29. The lowest BCUT2D eigenvalue weighted by Gasteiger charge is -2.25. The van der Waals surface area contributed by atoms with E-state index in [2.05, 4.69) is 4.74 Å². The first-order valence-corrected chi connectivity index (χ1v) is 10.1. The molecule has 9 heteroatoms. The van der Waals surface area contributed by atoms with E-state index in [1.807, 2.05) is 0 Å². The molecule has 0 unspecified atom stereocenters. The lowest BCUT2D eigenvalue weighted by Crippen LogP contribution is -2.31. The number of sulfonamides is 1.